The summed E-state index contributed by atoms with van der Waals surface area (Å²) in [5, 5.41) is 2.95. The van der Waals surface area contributed by atoms with Crippen molar-refractivity contribution < 1.29 is 13.9 Å². The number of nitrogens with zero attached hydrogens (tertiary/aromatic N) is 1. The van der Waals surface area contributed by atoms with Crippen molar-refractivity contribution >= 4 is 11.6 Å². The Hall–Kier alpha value is -3.05. The molecule has 0 saturated carbocycles. The number of carbonyl (C=O) groups excluding carboxylic acids is 1. The molecule has 0 radical (unpaired) electrons. The zero-order valence-corrected chi connectivity index (χ0v) is 16.5. The van der Waals surface area contributed by atoms with E-state index in [-0.39, 0.29) is 11.9 Å². The molecule has 1 N–H and O–H groups in total. The van der Waals surface area contributed by atoms with Crippen molar-refractivity contribution in [2.45, 2.75) is 33.0 Å². The number of hydrogen-bond donors (Lipinski definition) is 1. The van der Waals surface area contributed by atoms with Gasteiger partial charge in [0.2, 0.25) is 5.91 Å². The molecule has 0 aliphatic heterocycles. The van der Waals surface area contributed by atoms with Gasteiger partial charge in [-0.25, -0.2) is 0 Å². The average Bonchev–Trinajstić information content (AvgIpc) is 3.12. The lowest BCUT2D eigenvalue weighted by Crippen LogP contribution is -2.39. The SMILES string of the molecule is Cc1ccc(CN(C)[C@H](C)C(=O)Nc2ccc(OCc3ccccc3)cc2)o1. The first-order valence-corrected chi connectivity index (χ1v) is 9.34. The first-order chi connectivity index (χ1) is 13.5. The van der Waals surface area contributed by atoms with Gasteiger partial charge in [-0.15, -0.1) is 0 Å². The first-order valence-electron chi connectivity index (χ1n) is 9.34. The van der Waals surface area contributed by atoms with Crippen LogP contribution in [0.1, 0.15) is 24.0 Å². The van der Waals surface area contributed by atoms with Gasteiger partial charge in [0.25, 0.3) is 0 Å². The van der Waals surface area contributed by atoms with Gasteiger partial charge in [0.05, 0.1) is 12.6 Å². The van der Waals surface area contributed by atoms with E-state index in [4.69, 9.17) is 9.15 Å². The van der Waals surface area contributed by atoms with Crippen LogP contribution >= 0.6 is 0 Å². The number of likely N-dealkylation sites (N-methyl/N-ethyl adjacent to an activating group) is 1. The molecule has 1 atom stereocenters. The van der Waals surface area contributed by atoms with Crippen molar-refractivity contribution in [1.82, 2.24) is 4.90 Å². The van der Waals surface area contributed by atoms with Gasteiger partial charge in [-0.1, -0.05) is 30.3 Å². The molecule has 0 bridgehead atoms. The van der Waals surface area contributed by atoms with Crippen LogP contribution in [0.5, 0.6) is 5.75 Å². The molecular weight excluding hydrogens is 352 g/mol. The lowest BCUT2D eigenvalue weighted by molar-refractivity contribution is -0.120. The van der Waals surface area contributed by atoms with Gasteiger partial charge in [0, 0.05) is 5.69 Å². The van der Waals surface area contributed by atoms with Gasteiger partial charge in [-0.05, 0) is 62.9 Å². The van der Waals surface area contributed by atoms with Crippen LogP contribution in [-0.2, 0) is 17.9 Å². The van der Waals surface area contributed by atoms with Crippen molar-refractivity contribution in [3.63, 3.8) is 0 Å². The van der Waals surface area contributed by atoms with E-state index in [0.717, 1.165) is 28.5 Å². The third kappa shape index (κ3) is 5.47. The fourth-order valence-electron chi connectivity index (χ4n) is 2.78. The average molecular weight is 378 g/mol. The Balaban J connectivity index is 1.50. The Bertz CT molecular complexity index is 888. The van der Waals surface area contributed by atoms with Gasteiger partial charge in [0.1, 0.15) is 23.9 Å². The molecule has 1 aromatic heterocycles. The molecule has 3 aromatic rings. The van der Waals surface area contributed by atoms with Gasteiger partial charge >= 0.3 is 0 Å². The summed E-state index contributed by atoms with van der Waals surface area (Å²) >= 11 is 0. The number of anilines is 1. The lowest BCUT2D eigenvalue weighted by Gasteiger charge is -2.23. The van der Waals surface area contributed by atoms with Crippen LogP contribution in [0, 0.1) is 6.92 Å². The Kier molecular flexibility index (Phi) is 6.50. The van der Waals surface area contributed by atoms with E-state index in [2.05, 4.69) is 5.32 Å². The Labute approximate surface area is 165 Å². The second-order valence-electron chi connectivity index (χ2n) is 6.89. The van der Waals surface area contributed by atoms with Crippen LogP contribution in [0.25, 0.3) is 0 Å². The molecule has 146 valence electrons. The number of nitrogens with one attached hydrogen (secondary N) is 1. The van der Waals surface area contributed by atoms with Crippen LogP contribution in [0.4, 0.5) is 5.69 Å². The van der Waals surface area contributed by atoms with Gasteiger partial charge < -0.3 is 14.5 Å². The minimum absolute atomic E-state index is 0.0660. The molecule has 5 nitrogen and oxygen atoms in total. The number of carbonyl (C=O) groups is 1. The summed E-state index contributed by atoms with van der Waals surface area (Å²) in [6.07, 6.45) is 0. The van der Waals surface area contributed by atoms with Crippen LogP contribution in [0.2, 0.25) is 0 Å². The molecule has 0 aliphatic rings. The van der Waals surface area contributed by atoms with Crippen molar-refractivity contribution in [3.8, 4) is 5.75 Å². The largest absolute Gasteiger partial charge is 0.489 e. The van der Waals surface area contributed by atoms with Gasteiger partial charge in [-0.2, -0.15) is 0 Å². The maximum absolute atomic E-state index is 12.5. The number of ether oxygens (including phenoxy) is 1. The van der Waals surface area contributed by atoms with Crippen molar-refractivity contribution in [2.75, 3.05) is 12.4 Å². The minimum Gasteiger partial charge on any atom is -0.489 e. The highest BCUT2D eigenvalue weighted by Crippen LogP contribution is 2.18. The topological polar surface area (TPSA) is 54.7 Å². The number of hydrogen-bond acceptors (Lipinski definition) is 4. The fraction of sp³-hybridized carbons (Fsp3) is 0.261. The number of rotatable bonds is 8. The summed E-state index contributed by atoms with van der Waals surface area (Å²) in [6, 6.07) is 21.0. The second kappa shape index (κ2) is 9.24. The molecule has 0 aliphatic carbocycles. The van der Waals surface area contributed by atoms with E-state index in [1.165, 1.54) is 0 Å². The third-order valence-electron chi connectivity index (χ3n) is 4.61. The van der Waals surface area contributed by atoms with E-state index in [1.54, 1.807) is 0 Å². The molecule has 0 unspecified atom stereocenters. The van der Waals surface area contributed by atoms with Crippen molar-refractivity contribution in [1.29, 1.82) is 0 Å². The predicted octanol–water partition coefficient (Wildman–Crippen LogP) is 4.63. The summed E-state index contributed by atoms with van der Waals surface area (Å²) < 4.78 is 11.4. The monoisotopic (exact) mass is 378 g/mol. The minimum atomic E-state index is -0.292. The fourth-order valence-corrected chi connectivity index (χ4v) is 2.78. The Morgan fingerprint density at radius 2 is 1.79 bits per heavy atom. The molecule has 0 spiro atoms. The molecule has 1 heterocycles. The third-order valence-corrected chi connectivity index (χ3v) is 4.61. The van der Waals surface area contributed by atoms with Gasteiger partial charge in [0.15, 0.2) is 0 Å². The van der Waals surface area contributed by atoms with Gasteiger partial charge in [-0.3, -0.25) is 9.69 Å². The summed E-state index contributed by atoms with van der Waals surface area (Å²) in [6.45, 7) is 4.88. The van der Waals surface area contributed by atoms with Crippen LogP contribution in [0.15, 0.2) is 71.1 Å². The van der Waals surface area contributed by atoms with E-state index >= 15 is 0 Å². The molecule has 2 aromatic carbocycles. The quantitative estimate of drug-likeness (QED) is 0.621. The van der Waals surface area contributed by atoms with Crippen LogP contribution in [-0.4, -0.2) is 23.9 Å². The predicted molar refractivity (Wildman–Crippen MR) is 110 cm³/mol. The Morgan fingerprint density at radius 3 is 2.43 bits per heavy atom. The summed E-state index contributed by atoms with van der Waals surface area (Å²) in [4.78, 5) is 14.5. The van der Waals surface area contributed by atoms with E-state index < -0.39 is 0 Å². The smallest absolute Gasteiger partial charge is 0.241 e. The van der Waals surface area contributed by atoms with E-state index in [0.29, 0.717) is 13.2 Å². The molecule has 0 fully saturated rings. The maximum Gasteiger partial charge on any atom is 0.241 e. The highest BCUT2D eigenvalue weighted by Gasteiger charge is 2.19. The summed E-state index contributed by atoms with van der Waals surface area (Å²) in [7, 11) is 1.91. The molecule has 0 saturated heterocycles. The molecular formula is C23H26N2O3. The zero-order valence-electron chi connectivity index (χ0n) is 16.5. The second-order valence-corrected chi connectivity index (χ2v) is 6.89. The first kappa shape index (κ1) is 19.7. The van der Waals surface area contributed by atoms with Crippen molar-refractivity contribution in [2.24, 2.45) is 0 Å². The van der Waals surface area contributed by atoms with Crippen LogP contribution < -0.4 is 10.1 Å². The Morgan fingerprint density at radius 1 is 1.07 bits per heavy atom. The molecule has 1 amide bonds. The number of amides is 1. The number of benzene rings is 2. The molecule has 5 heteroatoms. The normalized spacial score (nSPS) is 12.0. The molecule has 28 heavy (non-hydrogen) atoms. The van der Waals surface area contributed by atoms with Crippen LogP contribution in [0.3, 0.4) is 0 Å². The van der Waals surface area contributed by atoms with E-state index in [1.807, 2.05) is 92.5 Å². The standard InChI is InChI=1S/C23H26N2O3/c1-17-9-12-22(28-17)15-25(3)18(2)23(26)24-20-10-13-21(14-11-20)27-16-19-7-5-4-6-8-19/h4-14,18H,15-16H2,1-3H3,(H,24,26)/t18-/m1/s1. The number of aryl methyl sites for hydroxylation is 1. The summed E-state index contributed by atoms with van der Waals surface area (Å²) in [5.41, 5.74) is 1.86. The number of furan rings is 1. The molecule has 3 rings (SSSR count). The van der Waals surface area contributed by atoms with E-state index in [9.17, 15) is 4.79 Å². The highest BCUT2D eigenvalue weighted by atomic mass is 16.5. The lowest BCUT2D eigenvalue weighted by atomic mass is 10.2. The maximum atomic E-state index is 12.5. The zero-order chi connectivity index (χ0) is 19.9. The summed E-state index contributed by atoms with van der Waals surface area (Å²) in [5.74, 6) is 2.42. The van der Waals surface area contributed by atoms with Crippen molar-refractivity contribution in [3.05, 3.63) is 83.8 Å². The highest BCUT2D eigenvalue weighted by molar-refractivity contribution is 5.94.